The summed E-state index contributed by atoms with van der Waals surface area (Å²) in [6.45, 7) is 2.88. The van der Waals surface area contributed by atoms with Gasteiger partial charge in [-0.15, -0.1) is 0 Å². The van der Waals surface area contributed by atoms with Gasteiger partial charge in [0, 0.05) is 10.0 Å². The topological polar surface area (TPSA) is 35.2 Å². The number of hydrogen-bond acceptors (Lipinski definition) is 2. The standard InChI is InChI=1S/C11H14BrNOS/c1-2-3-6-14-8-4-5-9(11(13)15)10(12)7-8/h4-5,7H,2-3,6H2,1H3,(H2,13,15). The summed E-state index contributed by atoms with van der Waals surface area (Å²) in [5, 5.41) is 0. The molecule has 1 aromatic carbocycles. The normalized spacial score (nSPS) is 10.0. The Kier molecular flexibility index (Phi) is 5.05. The van der Waals surface area contributed by atoms with Crippen LogP contribution >= 0.6 is 28.1 Å². The van der Waals surface area contributed by atoms with E-state index in [0.29, 0.717) is 4.99 Å². The molecule has 1 aromatic rings. The van der Waals surface area contributed by atoms with Gasteiger partial charge in [-0.1, -0.05) is 25.6 Å². The molecule has 0 aliphatic carbocycles. The summed E-state index contributed by atoms with van der Waals surface area (Å²) in [6.07, 6.45) is 2.20. The van der Waals surface area contributed by atoms with Gasteiger partial charge in [0.15, 0.2) is 0 Å². The summed E-state index contributed by atoms with van der Waals surface area (Å²) in [7, 11) is 0. The van der Waals surface area contributed by atoms with E-state index in [1.807, 2.05) is 18.2 Å². The lowest BCUT2D eigenvalue weighted by atomic mass is 10.2. The molecule has 0 spiro atoms. The number of thiocarbonyl (C=S) groups is 1. The molecule has 15 heavy (non-hydrogen) atoms. The molecule has 0 aromatic heterocycles. The van der Waals surface area contributed by atoms with Gasteiger partial charge < -0.3 is 10.5 Å². The zero-order chi connectivity index (χ0) is 11.3. The molecule has 0 aliphatic rings. The van der Waals surface area contributed by atoms with E-state index in [1.54, 1.807) is 0 Å². The fourth-order valence-electron chi connectivity index (χ4n) is 1.12. The quantitative estimate of drug-likeness (QED) is 0.667. The first kappa shape index (κ1) is 12.5. The Bertz CT molecular complexity index is 354. The van der Waals surface area contributed by atoms with Crippen LogP contribution in [0.1, 0.15) is 25.3 Å². The van der Waals surface area contributed by atoms with E-state index in [1.165, 1.54) is 0 Å². The van der Waals surface area contributed by atoms with Crippen molar-refractivity contribution in [2.75, 3.05) is 6.61 Å². The van der Waals surface area contributed by atoms with E-state index in [9.17, 15) is 0 Å². The lowest BCUT2D eigenvalue weighted by Crippen LogP contribution is -2.10. The fourth-order valence-corrected chi connectivity index (χ4v) is 2.00. The van der Waals surface area contributed by atoms with Crippen LogP contribution in [0.3, 0.4) is 0 Å². The fraction of sp³-hybridized carbons (Fsp3) is 0.364. The number of benzene rings is 1. The summed E-state index contributed by atoms with van der Waals surface area (Å²) >= 11 is 8.32. The second-order valence-corrected chi connectivity index (χ2v) is 4.50. The van der Waals surface area contributed by atoms with Crippen LogP contribution < -0.4 is 10.5 Å². The highest BCUT2D eigenvalue weighted by Gasteiger charge is 2.04. The summed E-state index contributed by atoms with van der Waals surface area (Å²) in [5.74, 6) is 0.843. The molecule has 0 aliphatic heterocycles. The third-order valence-electron chi connectivity index (χ3n) is 1.97. The zero-order valence-corrected chi connectivity index (χ0v) is 11.0. The van der Waals surface area contributed by atoms with Crippen molar-refractivity contribution < 1.29 is 4.74 Å². The largest absolute Gasteiger partial charge is 0.494 e. The highest BCUT2D eigenvalue weighted by Crippen LogP contribution is 2.23. The van der Waals surface area contributed by atoms with Crippen LogP contribution in [-0.2, 0) is 0 Å². The third-order valence-corrected chi connectivity index (χ3v) is 2.85. The summed E-state index contributed by atoms with van der Waals surface area (Å²) in [5.41, 5.74) is 6.39. The molecule has 0 radical (unpaired) electrons. The Balaban J connectivity index is 2.69. The van der Waals surface area contributed by atoms with Gasteiger partial charge in [0.1, 0.15) is 10.7 Å². The van der Waals surface area contributed by atoms with E-state index in [2.05, 4.69) is 22.9 Å². The molecule has 0 saturated heterocycles. The Hall–Kier alpha value is -0.610. The van der Waals surface area contributed by atoms with Gasteiger partial charge in [0.2, 0.25) is 0 Å². The molecule has 0 heterocycles. The minimum Gasteiger partial charge on any atom is -0.494 e. The van der Waals surface area contributed by atoms with Crippen molar-refractivity contribution in [3.8, 4) is 5.75 Å². The molecule has 0 amide bonds. The van der Waals surface area contributed by atoms with E-state index < -0.39 is 0 Å². The van der Waals surface area contributed by atoms with Crippen LogP contribution in [-0.4, -0.2) is 11.6 Å². The molecule has 0 atom stereocenters. The Morgan fingerprint density at radius 1 is 1.53 bits per heavy atom. The van der Waals surface area contributed by atoms with E-state index in [-0.39, 0.29) is 0 Å². The van der Waals surface area contributed by atoms with Crippen LogP contribution in [0.15, 0.2) is 22.7 Å². The maximum atomic E-state index is 5.55. The molecule has 2 nitrogen and oxygen atoms in total. The van der Waals surface area contributed by atoms with Gasteiger partial charge in [-0.3, -0.25) is 0 Å². The second kappa shape index (κ2) is 6.08. The number of rotatable bonds is 5. The third kappa shape index (κ3) is 3.80. The number of ether oxygens (including phenoxy) is 1. The molecule has 0 fully saturated rings. The first-order valence-electron chi connectivity index (χ1n) is 4.87. The van der Waals surface area contributed by atoms with Gasteiger partial charge in [0.05, 0.1) is 6.61 Å². The number of unbranched alkanes of at least 4 members (excludes halogenated alkanes) is 1. The lowest BCUT2D eigenvalue weighted by molar-refractivity contribution is 0.309. The number of halogens is 1. The molecule has 82 valence electrons. The highest BCUT2D eigenvalue weighted by molar-refractivity contribution is 9.10. The van der Waals surface area contributed by atoms with Crippen molar-refractivity contribution in [3.05, 3.63) is 28.2 Å². The van der Waals surface area contributed by atoms with Gasteiger partial charge in [-0.2, -0.15) is 0 Å². The second-order valence-electron chi connectivity index (χ2n) is 3.21. The van der Waals surface area contributed by atoms with E-state index in [4.69, 9.17) is 22.7 Å². The predicted molar refractivity (Wildman–Crippen MR) is 70.4 cm³/mol. The molecular formula is C11H14BrNOS. The van der Waals surface area contributed by atoms with Crippen molar-refractivity contribution in [3.63, 3.8) is 0 Å². The van der Waals surface area contributed by atoms with Crippen molar-refractivity contribution in [1.82, 2.24) is 0 Å². The smallest absolute Gasteiger partial charge is 0.120 e. The molecular weight excluding hydrogens is 274 g/mol. The van der Waals surface area contributed by atoms with Crippen LogP contribution in [0.25, 0.3) is 0 Å². The molecule has 1 rings (SSSR count). The monoisotopic (exact) mass is 287 g/mol. The maximum absolute atomic E-state index is 5.55. The van der Waals surface area contributed by atoms with Crippen molar-refractivity contribution in [2.24, 2.45) is 5.73 Å². The first-order chi connectivity index (χ1) is 7.15. The van der Waals surface area contributed by atoms with Crippen molar-refractivity contribution in [1.29, 1.82) is 0 Å². The van der Waals surface area contributed by atoms with Crippen molar-refractivity contribution in [2.45, 2.75) is 19.8 Å². The number of nitrogens with two attached hydrogens (primary N) is 1. The molecule has 2 N–H and O–H groups in total. The van der Waals surface area contributed by atoms with Crippen molar-refractivity contribution >= 4 is 33.1 Å². The Labute approximate surface area is 104 Å². The van der Waals surface area contributed by atoms with Gasteiger partial charge >= 0.3 is 0 Å². The average Bonchev–Trinajstić information content (AvgIpc) is 2.17. The van der Waals surface area contributed by atoms with Crippen LogP contribution in [0.2, 0.25) is 0 Å². The van der Waals surface area contributed by atoms with Gasteiger partial charge in [0.25, 0.3) is 0 Å². The Morgan fingerprint density at radius 3 is 2.80 bits per heavy atom. The van der Waals surface area contributed by atoms with Gasteiger partial charge in [-0.25, -0.2) is 0 Å². The maximum Gasteiger partial charge on any atom is 0.120 e. The Morgan fingerprint density at radius 2 is 2.27 bits per heavy atom. The first-order valence-corrected chi connectivity index (χ1v) is 6.07. The molecule has 0 unspecified atom stereocenters. The molecule has 4 heteroatoms. The average molecular weight is 288 g/mol. The minimum absolute atomic E-state index is 0.391. The van der Waals surface area contributed by atoms with Crippen LogP contribution in [0.5, 0.6) is 5.75 Å². The summed E-state index contributed by atoms with van der Waals surface area (Å²) in [6, 6.07) is 5.65. The summed E-state index contributed by atoms with van der Waals surface area (Å²) < 4.78 is 6.43. The minimum atomic E-state index is 0.391. The number of hydrogen-bond donors (Lipinski definition) is 1. The van der Waals surface area contributed by atoms with Crippen LogP contribution in [0.4, 0.5) is 0 Å². The SMILES string of the molecule is CCCCOc1ccc(C(N)=S)c(Br)c1. The van der Waals surface area contributed by atoms with Gasteiger partial charge in [-0.05, 0) is 40.5 Å². The summed E-state index contributed by atoms with van der Waals surface area (Å²) in [4.78, 5) is 0.391. The molecule has 0 saturated carbocycles. The van der Waals surface area contributed by atoms with E-state index in [0.717, 1.165) is 35.2 Å². The predicted octanol–water partition coefficient (Wildman–Crippen LogP) is 3.26. The lowest BCUT2D eigenvalue weighted by Gasteiger charge is -2.07. The highest BCUT2D eigenvalue weighted by atomic mass is 79.9. The van der Waals surface area contributed by atoms with Crippen LogP contribution in [0, 0.1) is 0 Å². The molecule has 0 bridgehead atoms. The van der Waals surface area contributed by atoms with E-state index >= 15 is 0 Å². The zero-order valence-electron chi connectivity index (χ0n) is 8.63.